The first-order valence-electron chi connectivity index (χ1n) is 25.0. The summed E-state index contributed by atoms with van der Waals surface area (Å²) >= 11 is 0. The number of nitrogens with zero attached hydrogens (tertiary/aromatic N) is 5. The number of hydrogen-bond donors (Lipinski definition) is 4. The van der Waals surface area contributed by atoms with Gasteiger partial charge < -0.3 is 35.1 Å². The lowest BCUT2D eigenvalue weighted by Crippen LogP contribution is -2.58. The molecular weight excluding hydrogens is 967 g/mol. The number of amides is 4. The smallest absolute Gasteiger partial charge is 0.329 e. The van der Waals surface area contributed by atoms with Gasteiger partial charge in [0, 0.05) is 12.1 Å². The molecule has 17 nitrogen and oxygen atoms in total. The number of nitrogens with one attached hydrogen (secondary N) is 2. The Bertz CT molecular complexity index is 3350. The third kappa shape index (κ3) is 9.20. The van der Waals surface area contributed by atoms with Crippen molar-refractivity contribution in [3.63, 3.8) is 0 Å². The fraction of sp³-hybridized carbons (Fsp3) is 0.271. The number of fused-ring (bicyclic) bond motifs is 4. The number of aliphatic hydroxyl groups excluding tert-OH is 2. The quantitative estimate of drug-likeness (QED) is 0.0699. The Kier molecular flexibility index (Phi) is 14.5. The first-order valence-corrected chi connectivity index (χ1v) is 25.0. The molecule has 1 aromatic heterocycles. The van der Waals surface area contributed by atoms with Crippen molar-refractivity contribution in [2.45, 2.75) is 62.2 Å². The number of carbonyl (C=O) groups is 5. The lowest BCUT2D eigenvalue weighted by atomic mass is 9.65. The number of urea groups is 1. The Morgan fingerprint density at radius 2 is 1.49 bits per heavy atom. The van der Waals surface area contributed by atoms with Crippen molar-refractivity contribution in [3.05, 3.63) is 191 Å². The number of benzene rings is 6. The van der Waals surface area contributed by atoms with Crippen LogP contribution in [-0.4, -0.2) is 98.8 Å². The van der Waals surface area contributed by atoms with Gasteiger partial charge >= 0.3 is 18.0 Å². The van der Waals surface area contributed by atoms with Gasteiger partial charge in [0.25, 0.3) is 0 Å². The van der Waals surface area contributed by atoms with Gasteiger partial charge in [-0.2, -0.15) is 0 Å². The number of para-hydroxylation sites is 1. The van der Waals surface area contributed by atoms with E-state index in [9.17, 15) is 15.0 Å². The predicted octanol–water partition coefficient (Wildman–Crippen LogP) is 6.28. The molecule has 76 heavy (non-hydrogen) atoms. The van der Waals surface area contributed by atoms with E-state index < -0.39 is 83.4 Å². The van der Waals surface area contributed by atoms with Gasteiger partial charge in [0.15, 0.2) is 0 Å². The number of ether oxygens (including phenoxy) is 3. The number of imide groups is 1. The highest BCUT2D eigenvalue weighted by molar-refractivity contribution is 6.25. The topological polar surface area (TPSA) is 215 Å². The van der Waals surface area contributed by atoms with Crippen molar-refractivity contribution in [1.29, 1.82) is 0 Å². The van der Waals surface area contributed by atoms with Crippen LogP contribution in [0.25, 0.3) is 11.0 Å². The summed E-state index contributed by atoms with van der Waals surface area (Å²) in [4.78, 5) is 79.5. The van der Waals surface area contributed by atoms with Gasteiger partial charge in [-0.05, 0) is 76.2 Å². The van der Waals surface area contributed by atoms with Gasteiger partial charge in [-0.15, -0.1) is 5.10 Å². The number of aliphatic hydroxyl groups is 2. The van der Waals surface area contributed by atoms with Crippen LogP contribution in [0.5, 0.6) is 5.75 Å². The van der Waals surface area contributed by atoms with E-state index in [4.69, 9.17) is 14.2 Å². The number of morpholine rings is 1. The molecule has 10 rings (SSSR count). The Labute approximate surface area is 438 Å². The number of anilines is 1. The summed E-state index contributed by atoms with van der Waals surface area (Å²) in [6.07, 6.45) is -2.20. The molecule has 3 aliphatic heterocycles. The first-order chi connectivity index (χ1) is 37.0. The van der Waals surface area contributed by atoms with E-state index >= 15 is 19.2 Å². The number of esters is 2. The number of cyclic esters (lactones) is 1. The summed E-state index contributed by atoms with van der Waals surface area (Å²) in [5, 5.41) is 35.5. The van der Waals surface area contributed by atoms with Crippen LogP contribution < -0.4 is 20.3 Å². The predicted molar refractivity (Wildman–Crippen MR) is 279 cm³/mol. The molecule has 4 amide bonds. The third-order valence-electron chi connectivity index (χ3n) is 14.4. The molecule has 0 radical (unpaired) electrons. The minimum Gasteiger partial charge on any atom is -0.491 e. The van der Waals surface area contributed by atoms with Crippen molar-refractivity contribution in [1.82, 2.24) is 30.5 Å². The van der Waals surface area contributed by atoms with Gasteiger partial charge in [0.2, 0.25) is 11.8 Å². The second kappa shape index (κ2) is 21.6. The molecule has 0 saturated carbocycles. The van der Waals surface area contributed by atoms with E-state index in [2.05, 4.69) is 32.8 Å². The number of rotatable bonds is 14. The average molecular weight is 1020 g/mol. The molecule has 0 aliphatic carbocycles. The zero-order valence-corrected chi connectivity index (χ0v) is 41.9. The van der Waals surface area contributed by atoms with Crippen molar-refractivity contribution < 1.29 is 48.4 Å². The lowest BCUT2D eigenvalue weighted by molar-refractivity contribution is -0.178. The first kappa shape index (κ1) is 50.8. The van der Waals surface area contributed by atoms with Crippen LogP contribution in [-0.2, 0) is 40.6 Å². The summed E-state index contributed by atoms with van der Waals surface area (Å²) < 4.78 is 19.2. The lowest BCUT2D eigenvalue weighted by Gasteiger charge is -2.46. The largest absolute Gasteiger partial charge is 0.491 e. The van der Waals surface area contributed by atoms with Gasteiger partial charge in [-0.1, -0.05) is 146 Å². The Balaban J connectivity index is 1.23. The maximum absolute atomic E-state index is 16.8. The van der Waals surface area contributed by atoms with Crippen LogP contribution in [0.4, 0.5) is 10.5 Å². The van der Waals surface area contributed by atoms with Gasteiger partial charge in [0.05, 0.1) is 49.0 Å². The minimum atomic E-state index is -2.19. The second-order valence-corrected chi connectivity index (χ2v) is 19.2. The summed E-state index contributed by atoms with van der Waals surface area (Å²) in [5.74, 6) is 1.40. The molecule has 3 aliphatic rings. The Hall–Kier alpha value is -8.69. The van der Waals surface area contributed by atoms with E-state index in [1.807, 2.05) is 89.8 Å². The van der Waals surface area contributed by atoms with Crippen LogP contribution in [0.1, 0.15) is 71.5 Å². The molecule has 386 valence electrons. The standard InChI is InChI=1S/C59H55N7O10/c1-36(2)49(55(70)74-3)61-58(73)65-45-30-25-37(16-15-31-64-46-24-14-13-23-44(46)62-63-64)34-43(45)59(57(65)72)48(54(69)60-35-47(68)38-17-7-4-8-18-38)51-56(71)76-52(40-21-11-6-12-22-40)50(39-19-9-5-10-20-39)66(51)53(59)41-26-28-42(29-27-41)75-33-32-67/h4-14,17-30,34,36,47-53,67-68H,31-33,35H2,1-3H3,(H,60,69)(H,61,73). The van der Waals surface area contributed by atoms with Crippen molar-refractivity contribution in [2.24, 2.45) is 11.8 Å². The highest BCUT2D eigenvalue weighted by Crippen LogP contribution is 2.66. The fourth-order valence-electron chi connectivity index (χ4n) is 11.1. The van der Waals surface area contributed by atoms with Gasteiger partial charge in [0.1, 0.15) is 48.0 Å². The summed E-state index contributed by atoms with van der Waals surface area (Å²) in [6.45, 7) is 2.99. The van der Waals surface area contributed by atoms with Gasteiger partial charge in [-0.3, -0.25) is 19.3 Å². The van der Waals surface area contributed by atoms with Crippen LogP contribution in [0.15, 0.2) is 158 Å². The monoisotopic (exact) mass is 1020 g/mol. The molecule has 0 bridgehead atoms. The maximum atomic E-state index is 16.8. The molecule has 8 atom stereocenters. The van der Waals surface area contributed by atoms with Gasteiger partial charge in [-0.25, -0.2) is 19.2 Å². The normalized spacial score (nSPS) is 21.5. The number of methoxy groups -OCH3 is 1. The van der Waals surface area contributed by atoms with Crippen molar-refractivity contribution in [3.8, 4) is 17.6 Å². The molecule has 7 aromatic rings. The van der Waals surface area contributed by atoms with Crippen molar-refractivity contribution in [2.75, 3.05) is 31.8 Å². The minimum absolute atomic E-state index is 0.00547. The molecule has 6 aromatic carbocycles. The van der Waals surface area contributed by atoms with Crippen LogP contribution in [0, 0.1) is 23.7 Å². The van der Waals surface area contributed by atoms with Crippen LogP contribution in [0.2, 0.25) is 0 Å². The van der Waals surface area contributed by atoms with E-state index in [-0.39, 0.29) is 37.6 Å². The van der Waals surface area contributed by atoms with Crippen LogP contribution in [0.3, 0.4) is 0 Å². The molecule has 1 spiro atoms. The zero-order chi connectivity index (χ0) is 53.1. The van der Waals surface area contributed by atoms with E-state index in [0.29, 0.717) is 39.1 Å². The third-order valence-corrected chi connectivity index (χ3v) is 14.4. The molecule has 8 unspecified atom stereocenters. The molecule has 17 heteroatoms. The molecule has 2 fully saturated rings. The number of aromatic nitrogens is 3. The highest BCUT2D eigenvalue weighted by Gasteiger charge is 2.75. The average Bonchev–Trinajstić information content (AvgIpc) is 4.26. The number of hydrogen-bond acceptors (Lipinski definition) is 13. The molecule has 4 N–H and O–H groups in total. The summed E-state index contributed by atoms with van der Waals surface area (Å²) in [7, 11) is 1.20. The molecule has 4 heterocycles. The van der Waals surface area contributed by atoms with E-state index in [1.54, 1.807) is 91.3 Å². The molecule has 2 saturated heterocycles. The highest BCUT2D eigenvalue weighted by atomic mass is 16.6. The Morgan fingerprint density at radius 1 is 0.816 bits per heavy atom. The molecular formula is C59H55N7O10. The van der Waals surface area contributed by atoms with E-state index in [0.717, 1.165) is 10.4 Å². The van der Waals surface area contributed by atoms with Crippen molar-refractivity contribution >= 4 is 46.5 Å². The second-order valence-electron chi connectivity index (χ2n) is 19.2. The maximum Gasteiger partial charge on any atom is 0.329 e. The zero-order valence-electron chi connectivity index (χ0n) is 41.9. The summed E-state index contributed by atoms with van der Waals surface area (Å²) in [6, 6.07) is 40.6. The van der Waals surface area contributed by atoms with Crippen LogP contribution >= 0.6 is 0 Å². The SMILES string of the molecule is COC(=O)C(NC(=O)N1C(=O)C2(c3cc(C#CCn4nnc5ccccc54)ccc31)C(C(=O)NCC(O)c1ccccc1)C1C(=O)OC(c3ccccc3)C(c3ccccc3)N1C2c1ccc(OCCO)cc1)C(C)C. The summed E-state index contributed by atoms with van der Waals surface area (Å²) in [5.41, 5.74) is 2.21. The fourth-order valence-corrected chi connectivity index (χ4v) is 11.1. The number of carbonyl (C=O) groups excluding carboxylic acids is 5. The van der Waals surface area contributed by atoms with E-state index in [1.165, 1.54) is 7.11 Å². The Morgan fingerprint density at radius 3 is 2.17 bits per heavy atom.